The van der Waals surface area contributed by atoms with Crippen molar-refractivity contribution in [2.75, 3.05) is 11.0 Å². The maximum Gasteiger partial charge on any atom is 0.261 e. The summed E-state index contributed by atoms with van der Waals surface area (Å²) in [7, 11) is -3.74. The third kappa shape index (κ3) is 3.32. The molecule has 0 saturated carbocycles. The molecule has 0 bridgehead atoms. The van der Waals surface area contributed by atoms with Crippen molar-refractivity contribution in [3.8, 4) is 6.07 Å². The van der Waals surface area contributed by atoms with E-state index in [1.165, 1.54) is 23.5 Å². The molecule has 0 aliphatic heterocycles. The highest BCUT2D eigenvalue weighted by atomic mass is 32.2. The first-order valence-corrected chi connectivity index (χ1v) is 10.0. The molecule has 0 unspecified atom stereocenters. The molecule has 0 aliphatic rings. The van der Waals surface area contributed by atoms with Crippen molar-refractivity contribution in [1.82, 2.24) is 4.98 Å². The average Bonchev–Trinajstić information content (AvgIpc) is 2.97. The van der Waals surface area contributed by atoms with Gasteiger partial charge < -0.3 is 0 Å². The monoisotopic (exact) mass is 361 g/mol. The highest BCUT2D eigenvalue weighted by molar-refractivity contribution is 8.00. The topological polar surface area (TPSA) is 82.8 Å². The molecule has 1 N–H and O–H groups in total. The molecule has 3 aromatic rings. The first-order chi connectivity index (χ1) is 11.0. The SMILES string of the molecule is CSc1nc2ccc(NS(=O)(=O)c3cccc(C#N)c3)cc2s1. The van der Waals surface area contributed by atoms with E-state index in [0.717, 1.165) is 14.6 Å². The van der Waals surface area contributed by atoms with Gasteiger partial charge in [0.1, 0.15) is 0 Å². The lowest BCUT2D eigenvalue weighted by atomic mass is 10.2. The zero-order valence-electron chi connectivity index (χ0n) is 12.0. The lowest BCUT2D eigenvalue weighted by molar-refractivity contribution is 0.601. The zero-order chi connectivity index (χ0) is 16.4. The van der Waals surface area contributed by atoms with Gasteiger partial charge >= 0.3 is 0 Å². The van der Waals surface area contributed by atoms with Crippen LogP contribution >= 0.6 is 23.1 Å². The van der Waals surface area contributed by atoms with E-state index in [1.54, 1.807) is 42.1 Å². The molecule has 0 radical (unpaired) electrons. The normalized spacial score (nSPS) is 11.3. The van der Waals surface area contributed by atoms with Gasteiger partial charge in [-0.15, -0.1) is 11.3 Å². The highest BCUT2D eigenvalue weighted by Gasteiger charge is 2.15. The Bertz CT molecular complexity index is 1020. The summed E-state index contributed by atoms with van der Waals surface area (Å²) in [5, 5.41) is 8.89. The molecule has 0 atom stereocenters. The van der Waals surface area contributed by atoms with Gasteiger partial charge in [0.25, 0.3) is 10.0 Å². The Hall–Kier alpha value is -2.08. The van der Waals surface area contributed by atoms with Gasteiger partial charge in [0, 0.05) is 0 Å². The zero-order valence-corrected chi connectivity index (χ0v) is 14.4. The fourth-order valence-corrected chi connectivity index (χ4v) is 4.62. The minimum Gasteiger partial charge on any atom is -0.280 e. The first kappa shape index (κ1) is 15.8. The van der Waals surface area contributed by atoms with Gasteiger partial charge in [0.2, 0.25) is 0 Å². The van der Waals surface area contributed by atoms with Crippen LogP contribution in [0.4, 0.5) is 5.69 Å². The second-order valence-electron chi connectivity index (χ2n) is 4.61. The van der Waals surface area contributed by atoms with Crippen molar-refractivity contribution in [2.45, 2.75) is 9.24 Å². The number of sulfonamides is 1. The number of nitriles is 1. The molecule has 1 heterocycles. The number of anilines is 1. The van der Waals surface area contributed by atoms with Gasteiger partial charge in [-0.2, -0.15) is 5.26 Å². The summed E-state index contributed by atoms with van der Waals surface area (Å²) in [5.74, 6) is 0. The highest BCUT2D eigenvalue weighted by Crippen LogP contribution is 2.30. The van der Waals surface area contributed by atoms with E-state index in [4.69, 9.17) is 5.26 Å². The van der Waals surface area contributed by atoms with Gasteiger partial charge in [-0.1, -0.05) is 17.8 Å². The quantitative estimate of drug-likeness (QED) is 0.717. The Morgan fingerprint density at radius 2 is 2.09 bits per heavy atom. The lowest BCUT2D eigenvalue weighted by Crippen LogP contribution is -2.12. The molecule has 116 valence electrons. The Labute approximate surface area is 142 Å². The summed E-state index contributed by atoms with van der Waals surface area (Å²) in [5.41, 5.74) is 1.61. The number of aromatic nitrogens is 1. The summed E-state index contributed by atoms with van der Waals surface area (Å²) in [6.07, 6.45) is 1.95. The van der Waals surface area contributed by atoms with E-state index in [1.807, 2.05) is 12.3 Å². The molecular weight excluding hydrogens is 350 g/mol. The number of nitrogens with one attached hydrogen (secondary N) is 1. The van der Waals surface area contributed by atoms with Crippen molar-refractivity contribution in [2.24, 2.45) is 0 Å². The molecule has 8 heteroatoms. The Balaban J connectivity index is 1.95. The predicted octanol–water partition coefficient (Wildman–Crippen LogP) is 3.69. The van der Waals surface area contributed by atoms with Crippen LogP contribution < -0.4 is 4.72 Å². The number of fused-ring (bicyclic) bond motifs is 1. The minimum atomic E-state index is -3.74. The number of thioether (sulfide) groups is 1. The number of hydrogen-bond donors (Lipinski definition) is 1. The smallest absolute Gasteiger partial charge is 0.261 e. The minimum absolute atomic E-state index is 0.0609. The summed E-state index contributed by atoms with van der Waals surface area (Å²) < 4.78 is 29.2. The van der Waals surface area contributed by atoms with E-state index < -0.39 is 10.0 Å². The van der Waals surface area contributed by atoms with Gasteiger partial charge in [0.15, 0.2) is 4.34 Å². The molecule has 0 saturated heterocycles. The molecule has 0 spiro atoms. The van der Waals surface area contributed by atoms with Crippen molar-refractivity contribution >= 4 is 49.0 Å². The maximum absolute atomic E-state index is 12.4. The molecular formula is C15H11N3O2S3. The van der Waals surface area contributed by atoms with Crippen LogP contribution in [0.15, 0.2) is 51.7 Å². The molecule has 2 aromatic carbocycles. The van der Waals surface area contributed by atoms with Gasteiger partial charge in [-0.05, 0) is 42.7 Å². The second kappa shape index (κ2) is 6.20. The third-order valence-corrected chi connectivity index (χ3v) is 6.45. The number of nitrogens with zero attached hydrogens (tertiary/aromatic N) is 2. The fourth-order valence-electron chi connectivity index (χ4n) is 2.00. The number of benzene rings is 2. The van der Waals surface area contributed by atoms with Crippen LogP contribution in [0, 0.1) is 11.3 Å². The Morgan fingerprint density at radius 1 is 1.26 bits per heavy atom. The number of thiazole rings is 1. The van der Waals surface area contributed by atoms with Crippen LogP contribution in [0.2, 0.25) is 0 Å². The second-order valence-corrected chi connectivity index (χ2v) is 8.38. The van der Waals surface area contributed by atoms with E-state index in [9.17, 15) is 8.42 Å². The first-order valence-electron chi connectivity index (χ1n) is 6.49. The molecule has 0 amide bonds. The van der Waals surface area contributed by atoms with Gasteiger partial charge in [-0.25, -0.2) is 13.4 Å². The largest absolute Gasteiger partial charge is 0.280 e. The van der Waals surface area contributed by atoms with Crippen LogP contribution in [-0.2, 0) is 10.0 Å². The molecule has 3 rings (SSSR count). The van der Waals surface area contributed by atoms with Crippen molar-refractivity contribution in [1.29, 1.82) is 5.26 Å². The van der Waals surface area contributed by atoms with Crippen LogP contribution in [0.25, 0.3) is 10.2 Å². The predicted molar refractivity (Wildman–Crippen MR) is 93.4 cm³/mol. The van der Waals surface area contributed by atoms with Crippen LogP contribution in [0.5, 0.6) is 0 Å². The summed E-state index contributed by atoms with van der Waals surface area (Å²) >= 11 is 3.07. The molecule has 1 aromatic heterocycles. The summed E-state index contributed by atoms with van der Waals surface area (Å²) in [6.45, 7) is 0. The van der Waals surface area contributed by atoms with E-state index in [-0.39, 0.29) is 4.90 Å². The fraction of sp³-hybridized carbons (Fsp3) is 0.0667. The van der Waals surface area contributed by atoms with Gasteiger partial charge in [-0.3, -0.25) is 4.72 Å². The maximum atomic E-state index is 12.4. The van der Waals surface area contributed by atoms with E-state index in [2.05, 4.69) is 9.71 Å². The molecule has 23 heavy (non-hydrogen) atoms. The van der Waals surface area contributed by atoms with Crippen molar-refractivity contribution < 1.29 is 8.42 Å². The van der Waals surface area contributed by atoms with Crippen LogP contribution in [-0.4, -0.2) is 19.7 Å². The van der Waals surface area contributed by atoms with Crippen molar-refractivity contribution in [3.05, 3.63) is 48.0 Å². The Kier molecular flexibility index (Phi) is 4.26. The van der Waals surface area contributed by atoms with Crippen LogP contribution in [0.1, 0.15) is 5.56 Å². The van der Waals surface area contributed by atoms with Crippen LogP contribution in [0.3, 0.4) is 0 Å². The van der Waals surface area contributed by atoms with E-state index >= 15 is 0 Å². The third-order valence-electron chi connectivity index (χ3n) is 3.07. The molecule has 0 fully saturated rings. The number of rotatable bonds is 4. The molecule has 0 aliphatic carbocycles. The lowest BCUT2D eigenvalue weighted by Gasteiger charge is -2.08. The summed E-state index contributed by atoms with van der Waals surface area (Å²) in [4.78, 5) is 4.48. The van der Waals surface area contributed by atoms with E-state index in [0.29, 0.717) is 11.3 Å². The standard InChI is InChI=1S/C15H11N3O2S3/c1-21-15-17-13-6-5-11(8-14(13)22-15)18-23(19,20)12-4-2-3-10(7-12)9-16/h2-8,18H,1H3. The number of hydrogen-bond acceptors (Lipinski definition) is 6. The average molecular weight is 361 g/mol. The Morgan fingerprint density at radius 3 is 2.83 bits per heavy atom. The van der Waals surface area contributed by atoms with Gasteiger partial charge in [0.05, 0.1) is 32.4 Å². The molecule has 5 nitrogen and oxygen atoms in total. The summed E-state index contributed by atoms with van der Waals surface area (Å²) in [6, 6.07) is 13.1. The van der Waals surface area contributed by atoms with Crippen molar-refractivity contribution in [3.63, 3.8) is 0 Å².